The number of halogens is 1. The molecule has 0 saturated carbocycles. The minimum absolute atomic E-state index is 0.0164. The first-order chi connectivity index (χ1) is 6.56. The Morgan fingerprint density at radius 3 is 2.79 bits per heavy atom. The fraction of sp³-hybridized carbons (Fsp3) is 0.222. The van der Waals surface area contributed by atoms with Crippen molar-refractivity contribution in [3.05, 3.63) is 34.6 Å². The van der Waals surface area contributed by atoms with E-state index in [2.05, 4.69) is 4.84 Å². The summed E-state index contributed by atoms with van der Waals surface area (Å²) in [6, 6.07) is 2.54. The molecule has 1 aromatic carbocycles. The van der Waals surface area contributed by atoms with E-state index in [4.69, 9.17) is 11.0 Å². The van der Waals surface area contributed by atoms with Gasteiger partial charge < -0.3 is 5.11 Å². The first-order valence-electron chi connectivity index (χ1n) is 3.90. The number of benzene rings is 1. The largest absolute Gasteiger partial charge is 0.478 e. The molecular formula is C9H10FNO3. The molecule has 0 fully saturated rings. The lowest BCUT2D eigenvalue weighted by Gasteiger charge is -2.05. The molecule has 1 rings (SSSR count). The van der Waals surface area contributed by atoms with Gasteiger partial charge >= 0.3 is 5.97 Å². The van der Waals surface area contributed by atoms with Gasteiger partial charge in [0.15, 0.2) is 0 Å². The number of aromatic carboxylic acids is 1. The third-order valence-corrected chi connectivity index (χ3v) is 1.88. The Labute approximate surface area is 80.1 Å². The molecule has 0 unspecified atom stereocenters. The number of rotatable bonds is 3. The van der Waals surface area contributed by atoms with Crippen molar-refractivity contribution in [3.63, 3.8) is 0 Å². The lowest BCUT2D eigenvalue weighted by molar-refractivity contribution is 0.0694. The van der Waals surface area contributed by atoms with Gasteiger partial charge in [-0.15, -0.1) is 0 Å². The molecule has 0 saturated heterocycles. The molecule has 0 aliphatic carbocycles. The predicted molar refractivity (Wildman–Crippen MR) is 47.1 cm³/mol. The quantitative estimate of drug-likeness (QED) is 0.718. The van der Waals surface area contributed by atoms with Crippen LogP contribution in [0.4, 0.5) is 4.39 Å². The average Bonchev–Trinajstić information content (AvgIpc) is 2.11. The van der Waals surface area contributed by atoms with Gasteiger partial charge in [-0.05, 0) is 30.2 Å². The maximum Gasteiger partial charge on any atom is 0.336 e. The Morgan fingerprint density at radius 1 is 1.64 bits per heavy atom. The maximum absolute atomic E-state index is 13.2. The first kappa shape index (κ1) is 10.6. The van der Waals surface area contributed by atoms with Crippen molar-refractivity contribution in [2.24, 2.45) is 5.90 Å². The number of hydrogen-bond acceptors (Lipinski definition) is 3. The van der Waals surface area contributed by atoms with E-state index in [1.54, 1.807) is 0 Å². The molecule has 0 bridgehead atoms. The number of carbonyl (C=O) groups is 1. The lowest BCUT2D eigenvalue weighted by Crippen LogP contribution is -2.06. The second-order valence-electron chi connectivity index (χ2n) is 2.87. The van der Waals surface area contributed by atoms with E-state index >= 15 is 0 Å². The van der Waals surface area contributed by atoms with E-state index in [1.165, 1.54) is 19.1 Å². The van der Waals surface area contributed by atoms with Crippen LogP contribution in [0.15, 0.2) is 12.1 Å². The van der Waals surface area contributed by atoms with Crippen LogP contribution in [0.3, 0.4) is 0 Å². The Morgan fingerprint density at radius 2 is 2.29 bits per heavy atom. The fourth-order valence-corrected chi connectivity index (χ4v) is 1.14. The van der Waals surface area contributed by atoms with Gasteiger partial charge in [-0.25, -0.2) is 15.1 Å². The summed E-state index contributed by atoms with van der Waals surface area (Å²) in [6.45, 7) is 1.39. The number of carboxylic acid groups (broad SMARTS) is 1. The van der Waals surface area contributed by atoms with Gasteiger partial charge in [0, 0.05) is 0 Å². The first-order valence-corrected chi connectivity index (χ1v) is 3.90. The summed E-state index contributed by atoms with van der Waals surface area (Å²) >= 11 is 0. The molecular weight excluding hydrogens is 189 g/mol. The normalized spacial score (nSPS) is 10.2. The molecule has 0 spiro atoms. The summed E-state index contributed by atoms with van der Waals surface area (Å²) in [5, 5.41) is 8.74. The van der Waals surface area contributed by atoms with E-state index in [9.17, 15) is 9.18 Å². The van der Waals surface area contributed by atoms with Crippen molar-refractivity contribution in [2.45, 2.75) is 13.5 Å². The molecule has 76 valence electrons. The van der Waals surface area contributed by atoms with Crippen LogP contribution in [0.5, 0.6) is 0 Å². The highest BCUT2D eigenvalue weighted by Crippen LogP contribution is 2.16. The molecule has 3 N–H and O–H groups in total. The Kier molecular flexibility index (Phi) is 3.16. The van der Waals surface area contributed by atoms with Crippen molar-refractivity contribution in [2.75, 3.05) is 0 Å². The molecule has 0 atom stereocenters. The van der Waals surface area contributed by atoms with Gasteiger partial charge in [0.25, 0.3) is 0 Å². The molecule has 0 amide bonds. The zero-order valence-electron chi connectivity index (χ0n) is 7.58. The number of carboxylic acids is 1. The van der Waals surface area contributed by atoms with Crippen LogP contribution in [-0.4, -0.2) is 11.1 Å². The molecule has 0 aliphatic rings. The van der Waals surface area contributed by atoms with Gasteiger partial charge in [-0.1, -0.05) is 0 Å². The summed E-state index contributed by atoms with van der Waals surface area (Å²) in [6.07, 6.45) is 0. The molecule has 0 aromatic heterocycles. The highest BCUT2D eigenvalue weighted by atomic mass is 19.1. The Hall–Kier alpha value is -1.46. The van der Waals surface area contributed by atoms with Gasteiger partial charge in [-0.2, -0.15) is 0 Å². The zero-order valence-corrected chi connectivity index (χ0v) is 7.58. The van der Waals surface area contributed by atoms with Crippen LogP contribution in [0.25, 0.3) is 0 Å². The Bertz CT molecular complexity index is 365. The van der Waals surface area contributed by atoms with Gasteiger partial charge in [0.2, 0.25) is 0 Å². The second kappa shape index (κ2) is 4.17. The maximum atomic E-state index is 13.2. The Balaban J connectivity index is 3.21. The summed E-state index contributed by atoms with van der Waals surface area (Å²) in [4.78, 5) is 15.0. The van der Waals surface area contributed by atoms with E-state index < -0.39 is 11.8 Å². The predicted octanol–water partition coefficient (Wildman–Crippen LogP) is 1.22. The van der Waals surface area contributed by atoms with Gasteiger partial charge in [-0.3, -0.25) is 4.84 Å². The molecule has 4 nitrogen and oxygen atoms in total. The van der Waals surface area contributed by atoms with Crippen LogP contribution >= 0.6 is 0 Å². The van der Waals surface area contributed by atoms with Crippen LogP contribution in [0.1, 0.15) is 21.5 Å². The van der Waals surface area contributed by atoms with Gasteiger partial charge in [0.05, 0.1) is 12.2 Å². The number of nitrogens with two attached hydrogens (primary N) is 1. The van der Waals surface area contributed by atoms with E-state index in [0.717, 1.165) is 0 Å². The van der Waals surface area contributed by atoms with E-state index in [0.29, 0.717) is 5.56 Å². The van der Waals surface area contributed by atoms with Crippen molar-refractivity contribution in [1.29, 1.82) is 0 Å². The summed E-state index contributed by atoms with van der Waals surface area (Å²) < 4.78 is 13.2. The smallest absolute Gasteiger partial charge is 0.336 e. The highest BCUT2D eigenvalue weighted by Gasteiger charge is 2.12. The third kappa shape index (κ3) is 2.07. The summed E-state index contributed by atoms with van der Waals surface area (Å²) in [7, 11) is 0. The van der Waals surface area contributed by atoms with Crippen molar-refractivity contribution < 1.29 is 19.1 Å². The molecule has 5 heteroatoms. The standard InChI is InChI=1S/C9H10FNO3/c1-5-7(9(12)13)2-6(4-14-11)3-8(5)10/h2-3H,4,11H2,1H3,(H,12,13). The second-order valence-corrected chi connectivity index (χ2v) is 2.87. The van der Waals surface area contributed by atoms with Crippen molar-refractivity contribution in [3.8, 4) is 0 Å². The lowest BCUT2D eigenvalue weighted by atomic mass is 10.0. The van der Waals surface area contributed by atoms with Crippen LogP contribution in [0.2, 0.25) is 0 Å². The highest BCUT2D eigenvalue weighted by molar-refractivity contribution is 5.89. The molecule has 1 aromatic rings. The molecule has 0 radical (unpaired) electrons. The zero-order chi connectivity index (χ0) is 10.7. The molecule has 0 heterocycles. The topological polar surface area (TPSA) is 72.5 Å². The van der Waals surface area contributed by atoms with E-state index in [-0.39, 0.29) is 17.7 Å². The van der Waals surface area contributed by atoms with E-state index in [1.807, 2.05) is 0 Å². The average molecular weight is 199 g/mol. The monoisotopic (exact) mass is 199 g/mol. The summed E-state index contributed by atoms with van der Waals surface area (Å²) in [5.41, 5.74) is 0.434. The molecule has 14 heavy (non-hydrogen) atoms. The minimum atomic E-state index is -1.17. The van der Waals surface area contributed by atoms with Gasteiger partial charge in [0.1, 0.15) is 5.82 Å². The van der Waals surface area contributed by atoms with Crippen molar-refractivity contribution >= 4 is 5.97 Å². The fourth-order valence-electron chi connectivity index (χ4n) is 1.14. The van der Waals surface area contributed by atoms with Crippen LogP contribution in [-0.2, 0) is 11.4 Å². The van der Waals surface area contributed by atoms with Crippen LogP contribution < -0.4 is 5.90 Å². The molecule has 0 aliphatic heterocycles. The SMILES string of the molecule is Cc1c(F)cc(CON)cc1C(=O)O. The summed E-state index contributed by atoms with van der Waals surface area (Å²) in [5.74, 6) is 3.07. The number of hydrogen-bond donors (Lipinski definition) is 2. The third-order valence-electron chi connectivity index (χ3n) is 1.88. The van der Waals surface area contributed by atoms with Crippen LogP contribution in [0, 0.1) is 12.7 Å². The van der Waals surface area contributed by atoms with Crippen molar-refractivity contribution in [1.82, 2.24) is 0 Å². The minimum Gasteiger partial charge on any atom is -0.478 e.